The minimum atomic E-state index is -0.380. The number of nitrogens with zero attached hydrogens (tertiary/aromatic N) is 2. The molecule has 29 heavy (non-hydrogen) atoms. The molecule has 0 aromatic heterocycles. The third-order valence-corrected chi connectivity index (χ3v) is 6.23. The minimum Gasteiger partial charge on any atom is -0.288 e. The van der Waals surface area contributed by atoms with Gasteiger partial charge in [-0.3, -0.25) is 4.79 Å². The first-order chi connectivity index (χ1) is 14.2. The molecule has 0 unspecified atom stereocenters. The van der Waals surface area contributed by atoms with E-state index in [1.165, 1.54) is 10.8 Å². The van der Waals surface area contributed by atoms with Crippen molar-refractivity contribution in [2.75, 3.05) is 0 Å². The quantitative estimate of drug-likeness (QED) is 0.414. The molecule has 134 valence electrons. The zero-order valence-electron chi connectivity index (χ0n) is 15.1. The normalized spacial score (nSPS) is 12.8. The van der Waals surface area contributed by atoms with Crippen LogP contribution >= 0.6 is 11.8 Å². The van der Waals surface area contributed by atoms with Crippen LogP contribution in [0.25, 0.3) is 27.1 Å². The molecule has 0 radical (unpaired) electrons. The van der Waals surface area contributed by atoms with Crippen LogP contribution in [-0.2, 0) is 0 Å². The molecule has 0 bridgehead atoms. The molecule has 3 nitrogen and oxygen atoms in total. The van der Waals surface area contributed by atoms with Gasteiger partial charge < -0.3 is 0 Å². The van der Waals surface area contributed by atoms with Crippen LogP contribution in [0, 0.1) is 22.7 Å². The van der Waals surface area contributed by atoms with Crippen molar-refractivity contribution in [2.24, 2.45) is 0 Å². The minimum absolute atomic E-state index is 0.0811. The monoisotopic (exact) mass is 388 g/mol. The number of nitriles is 2. The summed E-state index contributed by atoms with van der Waals surface area (Å²) in [4.78, 5) is 14.9. The number of carbonyl (C=O) groups is 1. The highest BCUT2D eigenvalue weighted by molar-refractivity contribution is 7.99. The maximum atomic E-state index is 12.8. The number of ketones is 1. The zero-order valence-corrected chi connectivity index (χ0v) is 16.0. The SMILES string of the molecule is N#CC1=C(C#N)c2ccc(Sc3ccc4ccccc4c3)c3cccc(c23)C1=O. The predicted molar refractivity (Wildman–Crippen MR) is 114 cm³/mol. The lowest BCUT2D eigenvalue weighted by Crippen LogP contribution is -2.11. The van der Waals surface area contributed by atoms with E-state index in [-0.39, 0.29) is 16.9 Å². The molecule has 0 saturated carbocycles. The first-order valence-electron chi connectivity index (χ1n) is 9.03. The van der Waals surface area contributed by atoms with Gasteiger partial charge in [-0.1, -0.05) is 66.4 Å². The number of benzene rings is 4. The van der Waals surface area contributed by atoms with Gasteiger partial charge in [-0.05, 0) is 34.4 Å². The van der Waals surface area contributed by atoms with Crippen LogP contribution < -0.4 is 0 Å². The molecule has 0 atom stereocenters. The Balaban J connectivity index is 1.70. The van der Waals surface area contributed by atoms with Crippen molar-refractivity contribution >= 4 is 44.7 Å². The largest absolute Gasteiger partial charge is 0.288 e. The van der Waals surface area contributed by atoms with Gasteiger partial charge in [0.25, 0.3) is 0 Å². The van der Waals surface area contributed by atoms with E-state index in [0.29, 0.717) is 11.1 Å². The van der Waals surface area contributed by atoms with Crippen molar-refractivity contribution in [3.8, 4) is 12.1 Å². The van der Waals surface area contributed by atoms with E-state index >= 15 is 0 Å². The van der Waals surface area contributed by atoms with Gasteiger partial charge in [0.15, 0.2) is 0 Å². The fourth-order valence-electron chi connectivity index (χ4n) is 3.83. The average molecular weight is 388 g/mol. The Morgan fingerprint density at radius 3 is 2.31 bits per heavy atom. The van der Waals surface area contributed by atoms with E-state index in [4.69, 9.17) is 0 Å². The Morgan fingerprint density at radius 2 is 1.52 bits per heavy atom. The lowest BCUT2D eigenvalue weighted by atomic mass is 9.83. The number of carbonyl (C=O) groups excluding carboxylic acids is 1. The van der Waals surface area contributed by atoms with E-state index in [0.717, 1.165) is 20.6 Å². The van der Waals surface area contributed by atoms with Crippen molar-refractivity contribution in [3.63, 3.8) is 0 Å². The molecule has 0 amide bonds. The van der Waals surface area contributed by atoms with Crippen molar-refractivity contribution in [1.29, 1.82) is 10.5 Å². The number of Topliss-reactive ketones (excluding diaryl/α,β-unsaturated/α-hetero) is 1. The number of hydrogen-bond donors (Lipinski definition) is 0. The first-order valence-corrected chi connectivity index (χ1v) is 9.85. The van der Waals surface area contributed by atoms with Crippen LogP contribution in [0.1, 0.15) is 15.9 Å². The molecule has 0 heterocycles. The van der Waals surface area contributed by atoms with Crippen LogP contribution in [0.2, 0.25) is 0 Å². The Hall–Kier alpha value is -3.86. The number of allylic oxidation sites excluding steroid dienone is 2. The molecule has 0 aliphatic heterocycles. The zero-order chi connectivity index (χ0) is 20.0. The van der Waals surface area contributed by atoms with Crippen LogP contribution in [0.15, 0.2) is 88.2 Å². The highest BCUT2D eigenvalue weighted by atomic mass is 32.2. The highest BCUT2D eigenvalue weighted by Gasteiger charge is 2.28. The second-order valence-electron chi connectivity index (χ2n) is 6.75. The summed E-state index contributed by atoms with van der Waals surface area (Å²) in [6.45, 7) is 0. The summed E-state index contributed by atoms with van der Waals surface area (Å²) in [5, 5.41) is 23.0. The maximum absolute atomic E-state index is 12.8. The maximum Gasteiger partial charge on any atom is 0.205 e. The second-order valence-corrected chi connectivity index (χ2v) is 7.87. The fraction of sp³-hybridized carbons (Fsp3) is 0. The molecule has 0 N–H and O–H groups in total. The molecule has 1 aliphatic rings. The standard InChI is InChI=1S/C25H12N2OS/c26-13-21-18-10-11-23(29-17-9-8-15-4-1-2-5-16(15)12-17)19-6-3-7-20(24(18)19)25(28)22(21)14-27/h1-12H. The molecular formula is C25H12N2OS. The topological polar surface area (TPSA) is 64.7 Å². The first kappa shape index (κ1) is 17.3. The molecule has 0 saturated heterocycles. The molecule has 0 fully saturated rings. The van der Waals surface area contributed by atoms with Crippen molar-refractivity contribution < 1.29 is 4.79 Å². The highest BCUT2D eigenvalue weighted by Crippen LogP contribution is 2.42. The Labute approximate surface area is 171 Å². The van der Waals surface area contributed by atoms with Crippen LogP contribution in [-0.4, -0.2) is 5.78 Å². The predicted octanol–water partition coefficient (Wildman–Crippen LogP) is 6.14. The average Bonchev–Trinajstić information content (AvgIpc) is 2.77. The third-order valence-electron chi connectivity index (χ3n) is 5.16. The number of rotatable bonds is 2. The van der Waals surface area contributed by atoms with E-state index in [9.17, 15) is 15.3 Å². The summed E-state index contributed by atoms with van der Waals surface area (Å²) >= 11 is 1.63. The molecular weight excluding hydrogens is 376 g/mol. The summed E-state index contributed by atoms with van der Waals surface area (Å²) in [6, 6.07) is 27.8. The lowest BCUT2D eigenvalue weighted by molar-refractivity contribution is 0.104. The van der Waals surface area contributed by atoms with Gasteiger partial charge in [0.1, 0.15) is 17.7 Å². The van der Waals surface area contributed by atoms with E-state index in [1.54, 1.807) is 17.8 Å². The molecule has 5 rings (SSSR count). The fourth-order valence-corrected chi connectivity index (χ4v) is 4.82. The van der Waals surface area contributed by atoms with Gasteiger partial charge >= 0.3 is 0 Å². The molecule has 0 spiro atoms. The number of hydrogen-bond acceptors (Lipinski definition) is 4. The summed E-state index contributed by atoms with van der Waals surface area (Å²) in [5.41, 5.74) is 1.21. The summed E-state index contributed by atoms with van der Waals surface area (Å²) < 4.78 is 0. The van der Waals surface area contributed by atoms with E-state index in [1.807, 2.05) is 42.5 Å². The Kier molecular flexibility index (Phi) is 3.95. The molecule has 4 aromatic rings. The van der Waals surface area contributed by atoms with Gasteiger partial charge in [-0.2, -0.15) is 10.5 Å². The molecule has 1 aliphatic carbocycles. The van der Waals surface area contributed by atoms with Gasteiger partial charge in [-0.15, -0.1) is 0 Å². The summed E-state index contributed by atoms with van der Waals surface area (Å²) in [6.07, 6.45) is 0. The number of fused-ring (bicyclic) bond motifs is 1. The van der Waals surface area contributed by atoms with Crippen LogP contribution in [0.5, 0.6) is 0 Å². The van der Waals surface area contributed by atoms with Crippen molar-refractivity contribution in [3.05, 3.63) is 89.5 Å². The third kappa shape index (κ3) is 2.63. The van der Waals surface area contributed by atoms with Gasteiger partial charge in [-0.25, -0.2) is 0 Å². The van der Waals surface area contributed by atoms with Crippen molar-refractivity contribution in [1.82, 2.24) is 0 Å². The van der Waals surface area contributed by atoms with E-state index in [2.05, 4.69) is 36.4 Å². The van der Waals surface area contributed by atoms with Gasteiger partial charge in [0.2, 0.25) is 5.78 Å². The van der Waals surface area contributed by atoms with Crippen LogP contribution in [0.4, 0.5) is 0 Å². The summed E-state index contributed by atoms with van der Waals surface area (Å²) in [7, 11) is 0. The van der Waals surface area contributed by atoms with E-state index < -0.39 is 0 Å². The molecule has 4 aromatic carbocycles. The van der Waals surface area contributed by atoms with Gasteiger partial charge in [0, 0.05) is 26.3 Å². The molecule has 4 heteroatoms. The lowest BCUT2D eigenvalue weighted by Gasteiger charge is -2.18. The van der Waals surface area contributed by atoms with Gasteiger partial charge in [0.05, 0.1) is 5.57 Å². The smallest absolute Gasteiger partial charge is 0.205 e. The summed E-state index contributed by atoms with van der Waals surface area (Å²) in [5.74, 6) is -0.380. The second kappa shape index (κ2) is 6.63. The Bertz CT molecular complexity index is 1470. The Morgan fingerprint density at radius 1 is 0.724 bits per heavy atom. The van der Waals surface area contributed by atoms with Crippen LogP contribution in [0.3, 0.4) is 0 Å². The van der Waals surface area contributed by atoms with Crippen molar-refractivity contribution in [2.45, 2.75) is 9.79 Å².